The molecule has 2 aromatic rings. The summed E-state index contributed by atoms with van der Waals surface area (Å²) in [5.74, 6) is 0.0397. The standard InChI is InChI=1S/C12H7BrClF3N2/c13-8-2-1-3-9(6-8)18-11-5-7(12(15,16)17)4-10(14)19-11/h1-6H,(H,18,19). The summed E-state index contributed by atoms with van der Waals surface area (Å²) in [5, 5.41) is 2.56. The van der Waals surface area contributed by atoms with E-state index in [4.69, 9.17) is 11.6 Å². The molecule has 0 saturated carbocycles. The lowest BCUT2D eigenvalue weighted by molar-refractivity contribution is -0.137. The number of benzene rings is 1. The van der Waals surface area contributed by atoms with Gasteiger partial charge in [0.2, 0.25) is 0 Å². The van der Waals surface area contributed by atoms with E-state index in [1.807, 2.05) is 0 Å². The molecule has 0 radical (unpaired) electrons. The summed E-state index contributed by atoms with van der Waals surface area (Å²) in [6.07, 6.45) is -4.46. The van der Waals surface area contributed by atoms with Crippen LogP contribution in [0, 0.1) is 0 Å². The third kappa shape index (κ3) is 3.84. The molecule has 0 atom stereocenters. The SMILES string of the molecule is FC(F)(F)c1cc(Cl)nc(Nc2cccc(Br)c2)c1. The van der Waals surface area contributed by atoms with E-state index in [0.29, 0.717) is 5.69 Å². The minimum Gasteiger partial charge on any atom is -0.340 e. The van der Waals surface area contributed by atoms with E-state index in [1.54, 1.807) is 24.3 Å². The molecule has 0 unspecified atom stereocenters. The highest BCUT2D eigenvalue weighted by Gasteiger charge is 2.31. The topological polar surface area (TPSA) is 24.9 Å². The van der Waals surface area contributed by atoms with E-state index >= 15 is 0 Å². The highest BCUT2D eigenvalue weighted by atomic mass is 79.9. The van der Waals surface area contributed by atoms with E-state index in [-0.39, 0.29) is 11.0 Å². The van der Waals surface area contributed by atoms with Crippen LogP contribution in [0.5, 0.6) is 0 Å². The minimum absolute atomic E-state index is 0.0397. The number of nitrogens with zero attached hydrogens (tertiary/aromatic N) is 1. The van der Waals surface area contributed by atoms with Gasteiger partial charge in [0.25, 0.3) is 0 Å². The average Bonchev–Trinajstić information content (AvgIpc) is 2.26. The quantitative estimate of drug-likeness (QED) is 0.747. The van der Waals surface area contributed by atoms with Gasteiger partial charge in [-0.25, -0.2) is 4.98 Å². The van der Waals surface area contributed by atoms with Gasteiger partial charge >= 0.3 is 6.18 Å². The third-order valence-corrected chi connectivity index (χ3v) is 2.91. The normalized spacial score (nSPS) is 11.4. The molecule has 0 aliphatic rings. The number of pyridine rings is 1. The molecule has 2 rings (SSSR count). The second-order valence-corrected chi connectivity index (χ2v) is 5.00. The Kier molecular flexibility index (Phi) is 4.01. The van der Waals surface area contributed by atoms with Crippen LogP contribution in [0.15, 0.2) is 40.9 Å². The monoisotopic (exact) mass is 350 g/mol. The van der Waals surface area contributed by atoms with Gasteiger partial charge in [-0.2, -0.15) is 13.2 Å². The Balaban J connectivity index is 2.33. The molecule has 1 aromatic heterocycles. The van der Waals surface area contributed by atoms with Crippen LogP contribution in [0.4, 0.5) is 24.7 Å². The maximum atomic E-state index is 12.6. The summed E-state index contributed by atoms with van der Waals surface area (Å²) >= 11 is 8.86. The Hall–Kier alpha value is -1.27. The molecule has 100 valence electrons. The summed E-state index contributed by atoms with van der Waals surface area (Å²) in [4.78, 5) is 3.81. The van der Waals surface area contributed by atoms with Crippen molar-refractivity contribution in [3.05, 3.63) is 51.6 Å². The van der Waals surface area contributed by atoms with Gasteiger partial charge in [-0.3, -0.25) is 0 Å². The zero-order valence-electron chi connectivity index (χ0n) is 9.30. The van der Waals surface area contributed by atoms with Crippen LogP contribution in [0.3, 0.4) is 0 Å². The van der Waals surface area contributed by atoms with E-state index in [2.05, 4.69) is 26.2 Å². The summed E-state index contributed by atoms with van der Waals surface area (Å²) in [5.41, 5.74) is -0.234. The number of aromatic nitrogens is 1. The maximum absolute atomic E-state index is 12.6. The van der Waals surface area contributed by atoms with Crippen molar-refractivity contribution >= 4 is 39.0 Å². The van der Waals surface area contributed by atoms with Crippen molar-refractivity contribution in [1.29, 1.82) is 0 Å². The van der Waals surface area contributed by atoms with E-state index in [9.17, 15) is 13.2 Å². The fourth-order valence-electron chi connectivity index (χ4n) is 1.44. The molecular weight excluding hydrogens is 344 g/mol. The number of alkyl halides is 3. The number of anilines is 2. The molecule has 0 amide bonds. The smallest absolute Gasteiger partial charge is 0.340 e. The summed E-state index contributed by atoms with van der Waals surface area (Å²) in [6.45, 7) is 0. The van der Waals surface area contributed by atoms with Crippen molar-refractivity contribution in [2.75, 3.05) is 5.32 Å². The fourth-order valence-corrected chi connectivity index (χ4v) is 2.05. The molecule has 0 aliphatic heterocycles. The first kappa shape index (κ1) is 14.1. The highest BCUT2D eigenvalue weighted by molar-refractivity contribution is 9.10. The maximum Gasteiger partial charge on any atom is 0.416 e. The molecule has 2 nitrogen and oxygen atoms in total. The number of hydrogen-bond acceptors (Lipinski definition) is 2. The lowest BCUT2D eigenvalue weighted by atomic mass is 10.2. The van der Waals surface area contributed by atoms with Crippen molar-refractivity contribution in [3.8, 4) is 0 Å². The first-order valence-corrected chi connectivity index (χ1v) is 6.29. The van der Waals surface area contributed by atoms with Gasteiger partial charge in [0.1, 0.15) is 11.0 Å². The van der Waals surface area contributed by atoms with Crippen LogP contribution in [0.1, 0.15) is 5.56 Å². The van der Waals surface area contributed by atoms with Gasteiger partial charge in [-0.05, 0) is 30.3 Å². The predicted octanol–water partition coefficient (Wildman–Crippen LogP) is 5.26. The second-order valence-electron chi connectivity index (χ2n) is 3.70. The number of nitrogens with one attached hydrogen (secondary N) is 1. The molecule has 0 aliphatic carbocycles. The van der Waals surface area contributed by atoms with Crippen LogP contribution in [-0.4, -0.2) is 4.98 Å². The third-order valence-electron chi connectivity index (χ3n) is 2.22. The molecule has 0 fully saturated rings. The van der Waals surface area contributed by atoms with E-state index < -0.39 is 11.7 Å². The van der Waals surface area contributed by atoms with Gasteiger partial charge in [-0.15, -0.1) is 0 Å². The molecule has 1 aromatic carbocycles. The second kappa shape index (κ2) is 5.38. The van der Waals surface area contributed by atoms with Gasteiger partial charge in [-0.1, -0.05) is 33.6 Å². The van der Waals surface area contributed by atoms with Crippen LogP contribution in [0.25, 0.3) is 0 Å². The Labute approximate surface area is 120 Å². The zero-order valence-corrected chi connectivity index (χ0v) is 11.6. The largest absolute Gasteiger partial charge is 0.416 e. The zero-order chi connectivity index (χ0) is 14.0. The van der Waals surface area contributed by atoms with Crippen molar-refractivity contribution in [3.63, 3.8) is 0 Å². The van der Waals surface area contributed by atoms with Crippen molar-refractivity contribution in [1.82, 2.24) is 4.98 Å². The lowest BCUT2D eigenvalue weighted by Gasteiger charge is -2.11. The number of rotatable bonds is 2. The Bertz CT molecular complexity index is 602. The minimum atomic E-state index is -4.46. The predicted molar refractivity (Wildman–Crippen MR) is 71.7 cm³/mol. The van der Waals surface area contributed by atoms with Crippen LogP contribution >= 0.6 is 27.5 Å². The van der Waals surface area contributed by atoms with Crippen molar-refractivity contribution < 1.29 is 13.2 Å². The fraction of sp³-hybridized carbons (Fsp3) is 0.0833. The van der Waals surface area contributed by atoms with Crippen LogP contribution < -0.4 is 5.32 Å². The summed E-state index contributed by atoms with van der Waals surface area (Å²) in [7, 11) is 0. The Morgan fingerprint density at radius 1 is 1.16 bits per heavy atom. The van der Waals surface area contributed by atoms with Gasteiger partial charge in [0, 0.05) is 10.2 Å². The van der Waals surface area contributed by atoms with Gasteiger partial charge in [0.05, 0.1) is 5.56 Å². The lowest BCUT2D eigenvalue weighted by Crippen LogP contribution is -2.06. The van der Waals surface area contributed by atoms with E-state index in [0.717, 1.165) is 16.6 Å². The average molecular weight is 352 g/mol. The molecule has 0 spiro atoms. The first-order chi connectivity index (χ1) is 8.84. The van der Waals surface area contributed by atoms with Crippen LogP contribution in [-0.2, 0) is 6.18 Å². The molecular formula is C12H7BrClF3N2. The summed E-state index contributed by atoms with van der Waals surface area (Å²) < 4.78 is 38.7. The van der Waals surface area contributed by atoms with Crippen molar-refractivity contribution in [2.45, 2.75) is 6.18 Å². The molecule has 7 heteroatoms. The number of hydrogen-bond donors (Lipinski definition) is 1. The Morgan fingerprint density at radius 3 is 2.53 bits per heavy atom. The molecule has 0 saturated heterocycles. The Morgan fingerprint density at radius 2 is 1.89 bits per heavy atom. The number of halogens is 5. The molecule has 0 bridgehead atoms. The van der Waals surface area contributed by atoms with Crippen molar-refractivity contribution in [2.24, 2.45) is 0 Å². The van der Waals surface area contributed by atoms with Crippen LogP contribution in [0.2, 0.25) is 5.15 Å². The first-order valence-electron chi connectivity index (χ1n) is 5.12. The molecule has 1 N–H and O–H groups in total. The van der Waals surface area contributed by atoms with Gasteiger partial charge < -0.3 is 5.32 Å². The molecule has 1 heterocycles. The summed E-state index contributed by atoms with van der Waals surface area (Å²) in [6, 6.07) is 8.68. The molecule has 19 heavy (non-hydrogen) atoms. The van der Waals surface area contributed by atoms with E-state index in [1.165, 1.54) is 0 Å². The highest BCUT2D eigenvalue weighted by Crippen LogP contribution is 2.32. The van der Waals surface area contributed by atoms with Gasteiger partial charge in [0.15, 0.2) is 0 Å².